The van der Waals surface area contributed by atoms with Crippen LogP contribution in [0, 0.1) is 12.8 Å². The van der Waals surface area contributed by atoms with Gasteiger partial charge in [0.05, 0.1) is 11.1 Å². The highest BCUT2D eigenvalue weighted by Gasteiger charge is 2.59. The molecule has 1 aliphatic carbocycles. The third kappa shape index (κ3) is 4.69. The van der Waals surface area contributed by atoms with Crippen molar-refractivity contribution in [2.24, 2.45) is 5.92 Å². The van der Waals surface area contributed by atoms with Crippen LogP contribution in [0.25, 0.3) is 6.08 Å². The molecule has 5 nitrogen and oxygen atoms in total. The van der Waals surface area contributed by atoms with E-state index in [1.807, 2.05) is 79.7 Å². The highest BCUT2D eigenvalue weighted by molar-refractivity contribution is 6.22. The number of carbonyl (C=O) groups excluding carboxylic acids is 3. The van der Waals surface area contributed by atoms with Crippen molar-refractivity contribution in [2.45, 2.75) is 58.0 Å². The van der Waals surface area contributed by atoms with E-state index in [1.54, 1.807) is 26.8 Å². The van der Waals surface area contributed by atoms with Crippen LogP contribution >= 0.6 is 0 Å². The highest BCUT2D eigenvalue weighted by Crippen LogP contribution is 2.53. The fraction of sp³-hybridized carbons (Fsp3) is 0.303. The van der Waals surface area contributed by atoms with Gasteiger partial charge in [0.2, 0.25) is 5.91 Å². The predicted octanol–water partition coefficient (Wildman–Crippen LogP) is 6.82. The molecule has 1 aliphatic heterocycles. The molecule has 2 atom stereocenters. The average molecular weight is 508 g/mol. The number of benzene rings is 3. The topological polar surface area (TPSA) is 63.7 Å². The molecule has 1 saturated carbocycles. The van der Waals surface area contributed by atoms with Crippen LogP contribution in [0.3, 0.4) is 0 Å². The molecule has 0 aromatic heterocycles. The summed E-state index contributed by atoms with van der Waals surface area (Å²) in [6, 6.07) is 25.3. The molecule has 38 heavy (non-hydrogen) atoms. The number of ketones is 1. The molecule has 0 N–H and O–H groups in total. The van der Waals surface area contributed by atoms with Crippen LogP contribution in [0.15, 0.2) is 84.4 Å². The van der Waals surface area contributed by atoms with E-state index in [0.717, 1.165) is 22.3 Å². The summed E-state index contributed by atoms with van der Waals surface area (Å²) in [7, 11) is 0. The van der Waals surface area contributed by atoms with Gasteiger partial charge in [-0.2, -0.15) is 0 Å². The summed E-state index contributed by atoms with van der Waals surface area (Å²) in [5.74, 6) is -0.580. The average Bonchev–Trinajstić information content (AvgIpc) is 3.34. The van der Waals surface area contributed by atoms with Gasteiger partial charge in [0, 0.05) is 6.42 Å². The summed E-state index contributed by atoms with van der Waals surface area (Å²) in [6.07, 6.45) is 2.33. The van der Waals surface area contributed by atoms with Crippen molar-refractivity contribution in [1.82, 2.24) is 0 Å². The minimum absolute atomic E-state index is 0.0449. The standard InChI is InChI=1S/C33H33NO4/c1-22-11-10-14-24(17-22)21-33(26-19-25(29(35)20-26)18-23-12-6-5-7-13-23)27-15-8-9-16-28(27)34(30(33)36)31(37)38-32(2,3)4/h5-18,26H,19-21H2,1-4H3/b25-18+/t26-,33+/m1/s1. The number of hydrogen-bond donors (Lipinski definition) is 0. The van der Waals surface area contributed by atoms with E-state index in [2.05, 4.69) is 6.07 Å². The number of imide groups is 1. The predicted molar refractivity (Wildman–Crippen MR) is 149 cm³/mol. The Morgan fingerprint density at radius 2 is 1.68 bits per heavy atom. The van der Waals surface area contributed by atoms with Gasteiger partial charge >= 0.3 is 6.09 Å². The second-order valence-electron chi connectivity index (χ2n) is 11.4. The van der Waals surface area contributed by atoms with Crippen molar-refractivity contribution in [3.05, 3.63) is 107 Å². The van der Waals surface area contributed by atoms with Crippen molar-refractivity contribution in [2.75, 3.05) is 4.90 Å². The van der Waals surface area contributed by atoms with E-state index < -0.39 is 17.1 Å². The van der Waals surface area contributed by atoms with Gasteiger partial charge in [0.25, 0.3) is 0 Å². The molecule has 5 heteroatoms. The minimum atomic E-state index is -1.08. The third-order valence-electron chi connectivity index (χ3n) is 7.45. The van der Waals surface area contributed by atoms with Gasteiger partial charge in [-0.1, -0.05) is 78.4 Å². The number of ether oxygens (including phenoxy) is 1. The Hall–Kier alpha value is -3.99. The number of anilines is 1. The first-order valence-corrected chi connectivity index (χ1v) is 13.1. The Kier molecular flexibility index (Phi) is 6.56. The number of hydrogen-bond acceptors (Lipinski definition) is 4. The molecule has 0 bridgehead atoms. The van der Waals surface area contributed by atoms with Crippen molar-refractivity contribution >= 4 is 29.5 Å². The maximum absolute atomic E-state index is 14.6. The third-order valence-corrected chi connectivity index (χ3v) is 7.45. The molecule has 1 fully saturated rings. The van der Waals surface area contributed by atoms with Gasteiger partial charge in [0.15, 0.2) is 5.78 Å². The molecule has 0 saturated heterocycles. The number of fused-ring (bicyclic) bond motifs is 1. The second-order valence-corrected chi connectivity index (χ2v) is 11.4. The zero-order valence-electron chi connectivity index (χ0n) is 22.4. The van der Waals surface area contributed by atoms with Crippen LogP contribution in [0.2, 0.25) is 0 Å². The Bertz CT molecular complexity index is 1430. The maximum atomic E-state index is 14.6. The Morgan fingerprint density at radius 1 is 0.974 bits per heavy atom. The number of rotatable bonds is 4. The Balaban J connectivity index is 1.64. The number of carbonyl (C=O) groups is 3. The molecular weight excluding hydrogens is 474 g/mol. The van der Waals surface area contributed by atoms with Crippen LogP contribution in [-0.2, 0) is 26.2 Å². The number of aryl methyl sites for hydroxylation is 1. The fourth-order valence-electron chi connectivity index (χ4n) is 5.86. The molecule has 2 amide bonds. The van der Waals surface area contributed by atoms with E-state index in [-0.39, 0.29) is 24.0 Å². The van der Waals surface area contributed by atoms with Gasteiger partial charge < -0.3 is 4.74 Å². The number of para-hydroxylation sites is 1. The monoisotopic (exact) mass is 507 g/mol. The lowest BCUT2D eigenvalue weighted by atomic mass is 9.66. The first kappa shape index (κ1) is 25.7. The summed E-state index contributed by atoms with van der Waals surface area (Å²) in [5.41, 5.74) is 3.22. The fourth-order valence-corrected chi connectivity index (χ4v) is 5.86. The largest absolute Gasteiger partial charge is 0.443 e. The van der Waals surface area contributed by atoms with Crippen LogP contribution in [-0.4, -0.2) is 23.4 Å². The number of Topliss-reactive ketones (excluding diaryl/α,β-unsaturated/α-hetero) is 1. The van der Waals surface area contributed by atoms with Gasteiger partial charge in [-0.15, -0.1) is 0 Å². The molecular formula is C33H33NO4. The first-order valence-electron chi connectivity index (χ1n) is 13.1. The lowest BCUT2D eigenvalue weighted by molar-refractivity contribution is -0.125. The molecule has 194 valence electrons. The van der Waals surface area contributed by atoms with Crippen LogP contribution in [0.5, 0.6) is 0 Å². The summed E-state index contributed by atoms with van der Waals surface area (Å²) >= 11 is 0. The molecule has 5 rings (SSSR count). The minimum Gasteiger partial charge on any atom is -0.443 e. The van der Waals surface area contributed by atoms with Crippen LogP contribution in [0.4, 0.5) is 10.5 Å². The maximum Gasteiger partial charge on any atom is 0.421 e. The number of nitrogens with zero attached hydrogens (tertiary/aromatic N) is 1. The summed E-state index contributed by atoms with van der Waals surface area (Å²) in [5, 5.41) is 0. The van der Waals surface area contributed by atoms with Crippen LogP contribution < -0.4 is 4.90 Å². The summed E-state index contributed by atoms with van der Waals surface area (Å²) in [4.78, 5) is 42.5. The van der Waals surface area contributed by atoms with Crippen molar-refractivity contribution in [1.29, 1.82) is 0 Å². The lowest BCUT2D eigenvalue weighted by Gasteiger charge is -2.34. The van der Waals surface area contributed by atoms with Gasteiger partial charge in [-0.3, -0.25) is 9.59 Å². The SMILES string of the molecule is Cc1cccc(C[C@@]2([C@H]3CC(=O)/C(=C/c4ccccc4)C3)C(=O)N(C(=O)OC(C)(C)C)c3ccccc32)c1. The smallest absolute Gasteiger partial charge is 0.421 e. The molecule has 3 aromatic carbocycles. The highest BCUT2D eigenvalue weighted by atomic mass is 16.6. The van der Waals surface area contributed by atoms with Crippen molar-refractivity contribution in [3.63, 3.8) is 0 Å². The molecule has 0 unspecified atom stereocenters. The molecule has 1 heterocycles. The number of allylic oxidation sites excluding steroid dienone is 1. The van der Waals surface area contributed by atoms with Gasteiger partial charge in [0.1, 0.15) is 5.60 Å². The van der Waals surface area contributed by atoms with Gasteiger partial charge in [-0.05, 0) is 80.9 Å². The second kappa shape index (κ2) is 9.71. The van der Waals surface area contributed by atoms with E-state index in [4.69, 9.17) is 4.74 Å². The van der Waals surface area contributed by atoms with E-state index >= 15 is 0 Å². The Labute approximate surface area is 224 Å². The van der Waals surface area contributed by atoms with Crippen LogP contribution in [0.1, 0.15) is 55.9 Å². The van der Waals surface area contributed by atoms with Crippen molar-refractivity contribution < 1.29 is 19.1 Å². The summed E-state index contributed by atoms with van der Waals surface area (Å²) < 4.78 is 5.68. The lowest BCUT2D eigenvalue weighted by Crippen LogP contribution is -2.49. The number of amides is 2. The van der Waals surface area contributed by atoms with E-state index in [1.165, 1.54) is 4.90 Å². The quantitative estimate of drug-likeness (QED) is 0.364. The van der Waals surface area contributed by atoms with E-state index in [9.17, 15) is 14.4 Å². The van der Waals surface area contributed by atoms with Gasteiger partial charge in [-0.25, -0.2) is 9.69 Å². The normalized spacial score (nSPS) is 22.2. The summed E-state index contributed by atoms with van der Waals surface area (Å²) in [6.45, 7) is 7.38. The first-order chi connectivity index (χ1) is 18.1. The molecule has 0 radical (unpaired) electrons. The molecule has 2 aliphatic rings. The molecule has 0 spiro atoms. The Morgan fingerprint density at radius 3 is 2.39 bits per heavy atom. The molecule has 3 aromatic rings. The zero-order chi connectivity index (χ0) is 27.1. The van der Waals surface area contributed by atoms with Crippen molar-refractivity contribution in [3.8, 4) is 0 Å². The van der Waals surface area contributed by atoms with E-state index in [0.29, 0.717) is 24.1 Å². The zero-order valence-corrected chi connectivity index (χ0v) is 22.4.